The fraction of sp³-hybridized carbons (Fsp3) is 0.600. The van der Waals surface area contributed by atoms with Gasteiger partial charge < -0.3 is 4.74 Å². The predicted molar refractivity (Wildman–Crippen MR) is 79.0 cm³/mol. The first-order valence-electron chi connectivity index (χ1n) is 7.64. The van der Waals surface area contributed by atoms with Gasteiger partial charge in [-0.25, -0.2) is 9.50 Å². The molecule has 0 N–H and O–H groups in total. The van der Waals surface area contributed by atoms with Crippen molar-refractivity contribution in [3.63, 3.8) is 0 Å². The average molecular weight is 287 g/mol. The molecule has 0 radical (unpaired) electrons. The number of rotatable bonds is 2. The van der Waals surface area contributed by atoms with E-state index in [0.29, 0.717) is 12.1 Å². The van der Waals surface area contributed by atoms with E-state index in [-0.39, 0.29) is 0 Å². The molecule has 6 nitrogen and oxygen atoms in total. The number of pyridine rings is 1. The van der Waals surface area contributed by atoms with Crippen molar-refractivity contribution in [2.24, 2.45) is 0 Å². The molecule has 2 fully saturated rings. The lowest BCUT2D eigenvalue weighted by atomic mass is 10.1. The Balaban J connectivity index is 1.45. The van der Waals surface area contributed by atoms with E-state index < -0.39 is 0 Å². The second-order valence-electron chi connectivity index (χ2n) is 6.11. The molecule has 2 aliphatic rings. The Kier molecular flexibility index (Phi) is 3.37. The highest BCUT2D eigenvalue weighted by Crippen LogP contribution is 2.20. The zero-order valence-corrected chi connectivity index (χ0v) is 12.4. The Morgan fingerprint density at radius 1 is 1.33 bits per heavy atom. The summed E-state index contributed by atoms with van der Waals surface area (Å²) in [6, 6.07) is 5.35. The van der Waals surface area contributed by atoms with Gasteiger partial charge in [0.2, 0.25) is 0 Å². The minimum Gasteiger partial charge on any atom is -0.378 e. The molecule has 2 aliphatic heterocycles. The van der Waals surface area contributed by atoms with Crippen LogP contribution in [-0.4, -0.2) is 69.3 Å². The molecule has 0 aliphatic carbocycles. The molecule has 6 heteroatoms. The fourth-order valence-corrected chi connectivity index (χ4v) is 3.49. The lowest BCUT2D eigenvalue weighted by Crippen LogP contribution is -2.60. The standard InChI is InChI=1S/C15H21N5O/c1-12-9-21-10-14-8-18(4-5-19(12)14)7-13-2-3-20-15(6-13)16-11-17-20/h2-3,6,11-12,14H,4-5,7-10H2,1H3/t12-,14+/m0/s1. The van der Waals surface area contributed by atoms with Crippen molar-refractivity contribution in [1.29, 1.82) is 0 Å². The maximum absolute atomic E-state index is 5.71. The predicted octanol–water partition coefficient (Wildman–Crippen LogP) is 0.634. The number of ether oxygens (including phenoxy) is 1. The van der Waals surface area contributed by atoms with Crippen LogP contribution in [0.3, 0.4) is 0 Å². The van der Waals surface area contributed by atoms with Crippen LogP contribution in [0, 0.1) is 0 Å². The Morgan fingerprint density at radius 3 is 3.24 bits per heavy atom. The van der Waals surface area contributed by atoms with Crippen molar-refractivity contribution >= 4 is 5.65 Å². The van der Waals surface area contributed by atoms with Gasteiger partial charge in [0.1, 0.15) is 6.33 Å². The number of aromatic nitrogens is 3. The Labute approximate surface area is 124 Å². The van der Waals surface area contributed by atoms with Gasteiger partial charge in [-0.1, -0.05) is 0 Å². The van der Waals surface area contributed by atoms with Gasteiger partial charge in [-0.05, 0) is 24.6 Å². The van der Waals surface area contributed by atoms with Gasteiger partial charge in [-0.2, -0.15) is 5.10 Å². The van der Waals surface area contributed by atoms with Crippen LogP contribution < -0.4 is 0 Å². The second kappa shape index (κ2) is 5.36. The van der Waals surface area contributed by atoms with Gasteiger partial charge in [-0.15, -0.1) is 0 Å². The number of fused-ring (bicyclic) bond motifs is 2. The molecular formula is C15H21N5O. The smallest absolute Gasteiger partial charge is 0.155 e. The molecule has 0 saturated carbocycles. The fourth-order valence-electron chi connectivity index (χ4n) is 3.49. The molecule has 0 amide bonds. The molecular weight excluding hydrogens is 266 g/mol. The molecule has 2 aromatic rings. The first-order valence-corrected chi connectivity index (χ1v) is 7.64. The third-order valence-corrected chi connectivity index (χ3v) is 4.60. The van der Waals surface area contributed by atoms with E-state index in [1.807, 2.05) is 6.20 Å². The Morgan fingerprint density at radius 2 is 2.29 bits per heavy atom. The first kappa shape index (κ1) is 13.2. The van der Waals surface area contributed by atoms with E-state index in [1.54, 1.807) is 10.8 Å². The Hall–Kier alpha value is -1.50. The lowest BCUT2D eigenvalue weighted by Gasteiger charge is -2.47. The highest BCUT2D eigenvalue weighted by atomic mass is 16.5. The monoisotopic (exact) mass is 287 g/mol. The van der Waals surface area contributed by atoms with E-state index in [2.05, 4.69) is 38.9 Å². The van der Waals surface area contributed by atoms with Crippen molar-refractivity contribution < 1.29 is 4.74 Å². The average Bonchev–Trinajstić information content (AvgIpc) is 2.95. The van der Waals surface area contributed by atoms with Crippen LogP contribution in [0.25, 0.3) is 5.65 Å². The summed E-state index contributed by atoms with van der Waals surface area (Å²) < 4.78 is 7.51. The zero-order chi connectivity index (χ0) is 14.2. The van der Waals surface area contributed by atoms with E-state index in [1.165, 1.54) is 5.56 Å². The zero-order valence-electron chi connectivity index (χ0n) is 12.4. The van der Waals surface area contributed by atoms with Gasteiger partial charge >= 0.3 is 0 Å². The van der Waals surface area contributed by atoms with Crippen molar-refractivity contribution in [3.8, 4) is 0 Å². The molecule has 4 rings (SSSR count). The van der Waals surface area contributed by atoms with Gasteiger partial charge in [0.25, 0.3) is 0 Å². The summed E-state index contributed by atoms with van der Waals surface area (Å²) in [5.74, 6) is 0. The summed E-state index contributed by atoms with van der Waals surface area (Å²) in [6.45, 7) is 8.33. The van der Waals surface area contributed by atoms with Crippen LogP contribution >= 0.6 is 0 Å². The maximum atomic E-state index is 5.71. The Bertz CT molecular complexity index is 627. The number of morpholine rings is 1. The molecule has 21 heavy (non-hydrogen) atoms. The molecule has 0 aromatic carbocycles. The third-order valence-electron chi connectivity index (χ3n) is 4.60. The molecule has 2 aromatic heterocycles. The van der Waals surface area contributed by atoms with Crippen LogP contribution in [0.4, 0.5) is 0 Å². The van der Waals surface area contributed by atoms with E-state index in [9.17, 15) is 0 Å². The van der Waals surface area contributed by atoms with E-state index >= 15 is 0 Å². The highest BCUT2D eigenvalue weighted by Gasteiger charge is 2.33. The SMILES string of the molecule is C[C@H]1COC[C@H]2CN(Cc3ccn4ncnc4c3)CCN21. The lowest BCUT2D eigenvalue weighted by molar-refractivity contribution is -0.0765. The van der Waals surface area contributed by atoms with Crippen LogP contribution in [0.5, 0.6) is 0 Å². The van der Waals surface area contributed by atoms with Gasteiger partial charge in [0, 0.05) is 44.5 Å². The van der Waals surface area contributed by atoms with E-state index in [0.717, 1.165) is 45.0 Å². The molecule has 112 valence electrons. The third kappa shape index (κ3) is 2.54. The number of nitrogens with zero attached hydrogens (tertiary/aromatic N) is 5. The van der Waals surface area contributed by atoms with Gasteiger partial charge in [-0.3, -0.25) is 9.80 Å². The first-order chi connectivity index (χ1) is 10.3. The van der Waals surface area contributed by atoms with Crippen molar-refractivity contribution in [2.75, 3.05) is 32.8 Å². The summed E-state index contributed by atoms with van der Waals surface area (Å²) in [5, 5.41) is 4.14. The summed E-state index contributed by atoms with van der Waals surface area (Å²) in [5.41, 5.74) is 2.22. The van der Waals surface area contributed by atoms with Crippen molar-refractivity contribution in [1.82, 2.24) is 24.4 Å². The molecule has 2 saturated heterocycles. The van der Waals surface area contributed by atoms with Crippen molar-refractivity contribution in [3.05, 3.63) is 30.2 Å². The topological polar surface area (TPSA) is 45.9 Å². The van der Waals surface area contributed by atoms with Crippen LogP contribution in [0.2, 0.25) is 0 Å². The molecule has 0 spiro atoms. The maximum Gasteiger partial charge on any atom is 0.155 e. The minimum absolute atomic E-state index is 0.541. The molecule has 0 bridgehead atoms. The molecule has 2 atom stereocenters. The number of piperazine rings is 1. The van der Waals surface area contributed by atoms with Crippen LogP contribution in [0.1, 0.15) is 12.5 Å². The normalized spacial score (nSPS) is 27.9. The van der Waals surface area contributed by atoms with Crippen molar-refractivity contribution in [2.45, 2.75) is 25.6 Å². The molecule has 4 heterocycles. The summed E-state index contributed by atoms with van der Waals surface area (Å²) in [7, 11) is 0. The second-order valence-corrected chi connectivity index (χ2v) is 6.11. The summed E-state index contributed by atoms with van der Waals surface area (Å²) >= 11 is 0. The number of hydrogen-bond donors (Lipinski definition) is 0. The molecule has 0 unspecified atom stereocenters. The summed E-state index contributed by atoms with van der Waals surface area (Å²) in [6.07, 6.45) is 3.58. The highest BCUT2D eigenvalue weighted by molar-refractivity contribution is 5.39. The van der Waals surface area contributed by atoms with E-state index in [4.69, 9.17) is 4.74 Å². The largest absolute Gasteiger partial charge is 0.378 e. The van der Waals surface area contributed by atoms with Crippen LogP contribution in [0.15, 0.2) is 24.7 Å². The quantitative estimate of drug-likeness (QED) is 0.811. The minimum atomic E-state index is 0.541. The van der Waals surface area contributed by atoms with Gasteiger partial charge in [0.05, 0.1) is 13.2 Å². The van der Waals surface area contributed by atoms with Crippen LogP contribution in [-0.2, 0) is 11.3 Å². The van der Waals surface area contributed by atoms with Gasteiger partial charge in [0.15, 0.2) is 5.65 Å². The summed E-state index contributed by atoms with van der Waals surface area (Å²) in [4.78, 5) is 9.37. The number of hydrogen-bond acceptors (Lipinski definition) is 5.